The van der Waals surface area contributed by atoms with Crippen molar-refractivity contribution in [1.29, 1.82) is 0 Å². The molecule has 394 valence electrons. The molecule has 9 heteroatoms. The van der Waals surface area contributed by atoms with Crippen molar-refractivity contribution >= 4 is 87.3 Å². The van der Waals surface area contributed by atoms with Gasteiger partial charge in [0.25, 0.3) is 0 Å². The number of aryl methyl sites for hydroxylation is 3. The van der Waals surface area contributed by atoms with Gasteiger partial charge in [-0.05, 0) is 0 Å². The Morgan fingerprint density at radius 3 is 1.24 bits per heavy atom. The van der Waals surface area contributed by atoms with Crippen LogP contribution in [-0.4, -0.2) is 62.1 Å². The van der Waals surface area contributed by atoms with Crippen molar-refractivity contribution in [3.05, 3.63) is 181 Å². The molecule has 75 heavy (non-hydrogen) atoms. The topological polar surface area (TPSA) is 59.1 Å². The summed E-state index contributed by atoms with van der Waals surface area (Å²) in [4.78, 5) is 28.7. The second-order valence-electron chi connectivity index (χ2n) is 19.5. The summed E-state index contributed by atoms with van der Waals surface area (Å²) in [6, 6.07) is 50.8. The monoisotopic (exact) mass is 1200 g/mol. The Balaban J connectivity index is 1.11. The molecule has 6 nitrogen and oxygen atoms in total. The Kier molecular flexibility index (Phi) is 24.0. The average Bonchev–Trinajstić information content (AvgIpc) is 4.25. The van der Waals surface area contributed by atoms with Crippen LogP contribution in [0, 0.1) is 0 Å². The second kappa shape index (κ2) is 31.2. The van der Waals surface area contributed by atoms with Gasteiger partial charge < -0.3 is 4.74 Å². The van der Waals surface area contributed by atoms with Crippen LogP contribution in [0.1, 0.15) is 152 Å². The van der Waals surface area contributed by atoms with Gasteiger partial charge >= 0.3 is 448 Å². The molecule has 1 atom stereocenters. The zero-order valence-electron chi connectivity index (χ0n) is 44.7. The van der Waals surface area contributed by atoms with E-state index in [1.165, 1.54) is 124 Å². The number of carbonyl (C=O) groups is 2. The summed E-state index contributed by atoms with van der Waals surface area (Å²) in [5.41, 5.74) is 9.86. The fourth-order valence-corrected chi connectivity index (χ4v) is 17.1. The van der Waals surface area contributed by atoms with Gasteiger partial charge in [-0.2, -0.15) is 0 Å². The SMILES string of the molecule is C=CC(=O)OCCCCCCc1ccc(N(c2ccc(CCCCCC)cc2)c2ccc(-c3ccc(-c4ccc(N(c5ccc(CCCCCC)cc5)c5ccc(C(CCCCC)OC(=O)C=C)cc5)[se]4)[se]3)[se]2)cc1. The molecule has 0 bridgehead atoms. The van der Waals surface area contributed by atoms with E-state index in [9.17, 15) is 9.59 Å². The number of hydrogen-bond donors (Lipinski definition) is 0. The first kappa shape index (κ1) is 57.6. The van der Waals surface area contributed by atoms with Gasteiger partial charge in [0.05, 0.1) is 0 Å². The molecule has 3 aromatic heterocycles. The third kappa shape index (κ3) is 17.5. The van der Waals surface area contributed by atoms with Gasteiger partial charge in [0.15, 0.2) is 0 Å². The molecule has 0 saturated carbocycles. The van der Waals surface area contributed by atoms with E-state index >= 15 is 0 Å². The van der Waals surface area contributed by atoms with E-state index in [-0.39, 0.29) is 61.6 Å². The zero-order chi connectivity index (χ0) is 52.6. The fraction of sp³-hybridized carbons (Fsp3) is 0.364. The fourth-order valence-electron chi connectivity index (χ4n) is 9.43. The first-order valence-electron chi connectivity index (χ1n) is 27.7. The molecule has 1 unspecified atom stereocenters. The van der Waals surface area contributed by atoms with Crippen LogP contribution in [0.2, 0.25) is 0 Å². The molecule has 0 radical (unpaired) electrons. The maximum atomic E-state index is 12.4. The van der Waals surface area contributed by atoms with Gasteiger partial charge in [-0.3, -0.25) is 0 Å². The van der Waals surface area contributed by atoms with Gasteiger partial charge in [0.2, 0.25) is 0 Å². The number of anilines is 6. The van der Waals surface area contributed by atoms with Gasteiger partial charge in [-0.25, -0.2) is 4.79 Å². The Morgan fingerprint density at radius 1 is 0.440 bits per heavy atom. The van der Waals surface area contributed by atoms with Crippen LogP contribution in [0.25, 0.3) is 17.7 Å². The molecule has 0 aliphatic heterocycles. The average molecular weight is 1200 g/mol. The number of nitrogens with zero attached hydrogens (tertiary/aromatic N) is 2. The van der Waals surface area contributed by atoms with Crippen molar-refractivity contribution in [2.45, 2.75) is 149 Å². The Morgan fingerprint density at radius 2 is 0.813 bits per heavy atom. The minimum atomic E-state index is -0.378. The molecule has 0 aliphatic rings. The normalized spacial score (nSPS) is 11.6. The van der Waals surface area contributed by atoms with E-state index in [4.69, 9.17) is 9.47 Å². The van der Waals surface area contributed by atoms with E-state index in [0.29, 0.717) is 6.61 Å². The van der Waals surface area contributed by atoms with E-state index in [1.54, 1.807) is 0 Å². The summed E-state index contributed by atoms with van der Waals surface area (Å²) in [5, 5.41) is 0. The first-order valence-corrected chi connectivity index (χ1v) is 32.8. The number of benzene rings is 4. The standard InChI is InChI=1S/C66H78N2O4Se3/c1-6-11-14-19-23-50-27-35-54(36-28-50)67(55-37-31-52(32-38-55)25-21-16-17-22-49-71-65(69)9-4)63-47-45-61(74-63)59-43-44-60(73-59)62-46-48-64(75-62)68(56-39-29-51(30-40-56)24-20-15-12-7-2)57-41-33-53(34-42-57)58(26-18-13-8-3)72-66(70)10-5/h9-10,27-48,58H,4-8,11-26,49H2,1-3H3. The molecule has 4 aromatic carbocycles. The minimum absolute atomic E-state index is 0.0994. The summed E-state index contributed by atoms with van der Waals surface area (Å²) in [7, 11) is 0. The summed E-state index contributed by atoms with van der Waals surface area (Å²) in [6.07, 6.45) is 23.7. The van der Waals surface area contributed by atoms with Gasteiger partial charge in [0.1, 0.15) is 0 Å². The maximum absolute atomic E-state index is 12.4. The Hall–Kier alpha value is -5.10. The van der Waals surface area contributed by atoms with Crippen molar-refractivity contribution in [1.82, 2.24) is 0 Å². The second-order valence-corrected chi connectivity index (χ2v) is 26.2. The number of unbranched alkanes of at least 4 members (excludes halogenated alkanes) is 11. The molecule has 0 saturated heterocycles. The molecule has 0 aliphatic carbocycles. The van der Waals surface area contributed by atoms with Crippen molar-refractivity contribution in [3.63, 3.8) is 0 Å². The number of hydrogen-bond acceptors (Lipinski definition) is 6. The Labute approximate surface area is 467 Å². The first-order chi connectivity index (χ1) is 36.8. The predicted octanol–water partition coefficient (Wildman–Crippen LogP) is 17.6. The van der Waals surface area contributed by atoms with Crippen molar-refractivity contribution in [2.75, 3.05) is 16.4 Å². The third-order valence-electron chi connectivity index (χ3n) is 13.7. The molecule has 0 spiro atoms. The van der Waals surface area contributed by atoms with Crippen LogP contribution in [0.4, 0.5) is 31.9 Å². The van der Waals surface area contributed by atoms with Crippen LogP contribution in [0.5, 0.6) is 0 Å². The summed E-state index contributed by atoms with van der Waals surface area (Å²) >= 11 is 0.441. The van der Waals surface area contributed by atoms with Crippen LogP contribution < -0.4 is 9.80 Å². The molecule has 7 rings (SSSR count). The molecule has 7 aromatic rings. The van der Waals surface area contributed by atoms with Crippen LogP contribution in [-0.2, 0) is 38.3 Å². The van der Waals surface area contributed by atoms with Gasteiger partial charge in [-0.1, -0.05) is 6.58 Å². The molecule has 3 heterocycles. The van der Waals surface area contributed by atoms with Crippen LogP contribution in [0.3, 0.4) is 0 Å². The van der Waals surface area contributed by atoms with Gasteiger partial charge in [0, 0.05) is 6.08 Å². The number of rotatable bonds is 33. The summed E-state index contributed by atoms with van der Waals surface area (Å²) < 4.78 is 19.6. The van der Waals surface area contributed by atoms with Gasteiger partial charge in [-0.15, -0.1) is 0 Å². The number of carbonyl (C=O) groups excluding carboxylic acids is 2. The van der Waals surface area contributed by atoms with Crippen LogP contribution >= 0.6 is 0 Å². The molecular weight excluding hydrogens is 1120 g/mol. The van der Waals surface area contributed by atoms with Crippen LogP contribution in [0.15, 0.2) is 159 Å². The van der Waals surface area contributed by atoms with Crippen molar-refractivity contribution in [2.24, 2.45) is 0 Å². The number of ether oxygens (including phenoxy) is 2. The molecule has 0 fully saturated rings. The molecule has 0 amide bonds. The predicted molar refractivity (Wildman–Crippen MR) is 320 cm³/mol. The summed E-state index contributed by atoms with van der Waals surface area (Å²) in [6.45, 7) is 14.3. The Bertz CT molecular complexity index is 2800. The van der Waals surface area contributed by atoms with E-state index in [1.807, 2.05) is 0 Å². The number of esters is 2. The summed E-state index contributed by atoms with van der Waals surface area (Å²) in [5.74, 6) is -0.721. The van der Waals surface area contributed by atoms with E-state index in [0.717, 1.165) is 81.9 Å². The van der Waals surface area contributed by atoms with E-state index in [2.05, 4.69) is 177 Å². The quantitative estimate of drug-likeness (QED) is 0.0177. The third-order valence-corrected chi connectivity index (χ3v) is 22.1. The van der Waals surface area contributed by atoms with E-state index < -0.39 is 0 Å². The van der Waals surface area contributed by atoms with Crippen molar-refractivity contribution in [3.8, 4) is 17.7 Å². The molecule has 0 N–H and O–H groups in total. The zero-order valence-corrected chi connectivity index (χ0v) is 49.9. The van der Waals surface area contributed by atoms with Crippen molar-refractivity contribution < 1.29 is 19.1 Å². The molecular formula is C66H78N2O4Se3.